The molecule has 3 aromatic carbocycles. The molecular weight excluding hydrogens is 410 g/mol. The van der Waals surface area contributed by atoms with Gasteiger partial charge in [-0.25, -0.2) is 0 Å². The van der Waals surface area contributed by atoms with Crippen molar-refractivity contribution in [2.45, 2.75) is 38.9 Å². The second-order valence-corrected chi connectivity index (χ2v) is 8.40. The number of benzene rings is 3. The number of non-ortho nitro benzene ring substituents is 1. The fourth-order valence-corrected chi connectivity index (χ4v) is 4.01. The molecule has 0 saturated heterocycles. The van der Waals surface area contributed by atoms with Crippen LogP contribution in [0.2, 0.25) is 0 Å². The molecule has 0 amide bonds. The van der Waals surface area contributed by atoms with Crippen LogP contribution in [0.15, 0.2) is 59.3 Å². The summed E-state index contributed by atoms with van der Waals surface area (Å²) in [5.74, 6) is 1.93. The first kappa shape index (κ1) is 20.0. The largest absolute Gasteiger partial charge is 0.488 e. The van der Waals surface area contributed by atoms with Crippen LogP contribution in [0.1, 0.15) is 31.4 Å². The lowest BCUT2D eigenvalue weighted by Gasteiger charge is -2.34. The molecule has 0 atom stereocenters. The summed E-state index contributed by atoms with van der Waals surface area (Å²) in [5.41, 5.74) is 2.48. The van der Waals surface area contributed by atoms with E-state index in [2.05, 4.69) is 24.0 Å². The number of nitro groups is 1. The normalized spacial score (nSPS) is 14.6. The topological polar surface area (TPSA) is 101 Å². The van der Waals surface area contributed by atoms with Crippen LogP contribution >= 0.6 is 0 Å². The van der Waals surface area contributed by atoms with Crippen LogP contribution < -0.4 is 9.47 Å². The Balaban J connectivity index is 1.57. The van der Waals surface area contributed by atoms with Crippen molar-refractivity contribution in [3.63, 3.8) is 0 Å². The van der Waals surface area contributed by atoms with Gasteiger partial charge in [-0.3, -0.25) is 10.1 Å². The number of nitrogens with zero attached hydrogens (tertiary/aromatic N) is 3. The third-order valence-corrected chi connectivity index (χ3v) is 5.69. The standard InChI is InChI=1S/C24H21N3O5/c1-24(2)11-10-18-20(23-26-25-14-31-23)12-19-17(22(18)32-24)4-3-5-21(19)30-13-15-6-8-16(9-7-15)27(28)29/h3-9,12,14H,10-11,13H2,1-2H3. The Kier molecular flexibility index (Phi) is 4.77. The fourth-order valence-electron chi connectivity index (χ4n) is 4.01. The van der Waals surface area contributed by atoms with Gasteiger partial charge in [0.05, 0.1) is 4.92 Å². The molecule has 162 valence electrons. The highest BCUT2D eigenvalue weighted by molar-refractivity contribution is 5.98. The zero-order chi connectivity index (χ0) is 22.3. The van der Waals surface area contributed by atoms with E-state index >= 15 is 0 Å². The zero-order valence-electron chi connectivity index (χ0n) is 17.7. The van der Waals surface area contributed by atoms with Gasteiger partial charge in [-0.05, 0) is 56.5 Å². The highest BCUT2D eigenvalue weighted by atomic mass is 16.6. The van der Waals surface area contributed by atoms with E-state index in [4.69, 9.17) is 13.9 Å². The molecule has 5 rings (SSSR count). The van der Waals surface area contributed by atoms with Crippen LogP contribution in [0.5, 0.6) is 11.5 Å². The van der Waals surface area contributed by atoms with E-state index in [0.29, 0.717) is 11.6 Å². The van der Waals surface area contributed by atoms with Crippen molar-refractivity contribution in [1.82, 2.24) is 10.2 Å². The maximum absolute atomic E-state index is 10.9. The molecule has 0 unspecified atom stereocenters. The van der Waals surface area contributed by atoms with E-state index in [1.165, 1.54) is 18.5 Å². The van der Waals surface area contributed by atoms with Gasteiger partial charge in [-0.15, -0.1) is 10.2 Å². The molecule has 4 aromatic rings. The van der Waals surface area contributed by atoms with E-state index in [-0.39, 0.29) is 17.9 Å². The Labute approximate surface area is 183 Å². The molecule has 1 aliphatic rings. The first-order chi connectivity index (χ1) is 15.4. The molecular formula is C24H21N3O5. The SMILES string of the molecule is CC1(C)CCc2c(-c3nnco3)cc3c(OCc4ccc([N+](=O)[O-])cc4)cccc3c2O1. The van der Waals surface area contributed by atoms with Crippen LogP contribution in [0.3, 0.4) is 0 Å². The summed E-state index contributed by atoms with van der Waals surface area (Å²) in [6, 6.07) is 14.2. The molecule has 2 heterocycles. The van der Waals surface area contributed by atoms with Gasteiger partial charge in [-0.1, -0.05) is 12.1 Å². The van der Waals surface area contributed by atoms with Crippen molar-refractivity contribution in [1.29, 1.82) is 0 Å². The molecule has 1 aliphatic heterocycles. The summed E-state index contributed by atoms with van der Waals surface area (Å²) in [7, 11) is 0. The van der Waals surface area contributed by atoms with Gasteiger partial charge in [0, 0.05) is 34.0 Å². The van der Waals surface area contributed by atoms with Crippen molar-refractivity contribution < 1.29 is 18.8 Å². The number of hydrogen-bond acceptors (Lipinski definition) is 7. The number of nitro benzene ring substituents is 1. The van der Waals surface area contributed by atoms with E-state index in [1.807, 2.05) is 24.3 Å². The maximum Gasteiger partial charge on any atom is 0.269 e. The molecule has 1 aromatic heterocycles. The quantitative estimate of drug-likeness (QED) is 0.305. The minimum Gasteiger partial charge on any atom is -0.488 e. The van der Waals surface area contributed by atoms with E-state index < -0.39 is 4.92 Å². The van der Waals surface area contributed by atoms with Crippen molar-refractivity contribution in [3.05, 3.63) is 76.2 Å². The van der Waals surface area contributed by atoms with Crippen molar-refractivity contribution >= 4 is 16.5 Å². The molecule has 0 saturated carbocycles. The van der Waals surface area contributed by atoms with Crippen LogP contribution in [0.25, 0.3) is 22.2 Å². The molecule has 0 spiro atoms. The molecule has 8 nitrogen and oxygen atoms in total. The Morgan fingerprint density at radius 2 is 1.97 bits per heavy atom. The second kappa shape index (κ2) is 7.64. The van der Waals surface area contributed by atoms with Gasteiger partial charge in [-0.2, -0.15) is 0 Å². The molecule has 0 N–H and O–H groups in total. The van der Waals surface area contributed by atoms with E-state index in [0.717, 1.165) is 46.1 Å². The summed E-state index contributed by atoms with van der Waals surface area (Å²) in [6.07, 6.45) is 3.03. The van der Waals surface area contributed by atoms with Crippen LogP contribution in [0, 0.1) is 10.1 Å². The molecule has 0 aliphatic carbocycles. The highest BCUT2D eigenvalue weighted by Crippen LogP contribution is 2.45. The van der Waals surface area contributed by atoms with Crippen molar-refractivity contribution in [2.75, 3.05) is 0 Å². The number of ether oxygens (including phenoxy) is 2. The predicted molar refractivity (Wildman–Crippen MR) is 118 cm³/mol. The average molecular weight is 431 g/mol. The van der Waals surface area contributed by atoms with Crippen LogP contribution in [0.4, 0.5) is 5.69 Å². The Morgan fingerprint density at radius 3 is 2.69 bits per heavy atom. The summed E-state index contributed by atoms with van der Waals surface area (Å²) in [4.78, 5) is 10.5. The second-order valence-electron chi connectivity index (χ2n) is 8.40. The smallest absolute Gasteiger partial charge is 0.269 e. The first-order valence-corrected chi connectivity index (χ1v) is 10.3. The number of aromatic nitrogens is 2. The summed E-state index contributed by atoms with van der Waals surface area (Å²) >= 11 is 0. The summed E-state index contributed by atoms with van der Waals surface area (Å²) < 4.78 is 18.1. The fraction of sp³-hybridized carbons (Fsp3) is 0.250. The molecule has 0 bridgehead atoms. The van der Waals surface area contributed by atoms with E-state index in [9.17, 15) is 10.1 Å². The lowest BCUT2D eigenvalue weighted by molar-refractivity contribution is -0.384. The van der Waals surface area contributed by atoms with E-state index in [1.54, 1.807) is 12.1 Å². The van der Waals surface area contributed by atoms with Crippen LogP contribution in [-0.4, -0.2) is 20.7 Å². The van der Waals surface area contributed by atoms with Gasteiger partial charge in [0.2, 0.25) is 12.3 Å². The highest BCUT2D eigenvalue weighted by Gasteiger charge is 2.31. The summed E-state index contributed by atoms with van der Waals surface area (Å²) in [6.45, 7) is 4.43. The lowest BCUT2D eigenvalue weighted by atomic mass is 9.88. The van der Waals surface area contributed by atoms with Crippen molar-refractivity contribution in [2.24, 2.45) is 0 Å². The summed E-state index contributed by atoms with van der Waals surface area (Å²) in [5, 5.41) is 20.7. The molecule has 32 heavy (non-hydrogen) atoms. The third kappa shape index (κ3) is 3.64. The Hall–Kier alpha value is -3.94. The maximum atomic E-state index is 10.9. The average Bonchev–Trinajstić information content (AvgIpc) is 3.31. The minimum atomic E-state index is -0.418. The molecule has 8 heteroatoms. The first-order valence-electron chi connectivity index (χ1n) is 10.3. The number of rotatable bonds is 5. The van der Waals surface area contributed by atoms with Crippen LogP contribution in [-0.2, 0) is 13.0 Å². The van der Waals surface area contributed by atoms with Crippen molar-refractivity contribution in [3.8, 4) is 23.0 Å². The van der Waals surface area contributed by atoms with Gasteiger partial charge in [0.1, 0.15) is 23.7 Å². The predicted octanol–water partition coefficient (Wildman–Crippen LogP) is 5.48. The number of fused-ring (bicyclic) bond motifs is 3. The van der Waals surface area contributed by atoms with Gasteiger partial charge >= 0.3 is 0 Å². The monoisotopic (exact) mass is 431 g/mol. The zero-order valence-corrected chi connectivity index (χ0v) is 17.7. The molecule has 0 radical (unpaired) electrons. The van der Waals surface area contributed by atoms with Gasteiger partial charge in [0.25, 0.3) is 5.69 Å². The van der Waals surface area contributed by atoms with Gasteiger partial charge < -0.3 is 13.9 Å². The minimum absolute atomic E-state index is 0.0505. The third-order valence-electron chi connectivity index (χ3n) is 5.69. The Bertz CT molecular complexity index is 1300. The number of hydrogen-bond donors (Lipinski definition) is 0. The molecule has 0 fully saturated rings. The Morgan fingerprint density at radius 1 is 1.16 bits per heavy atom. The van der Waals surface area contributed by atoms with Gasteiger partial charge in [0.15, 0.2) is 0 Å². The lowest BCUT2D eigenvalue weighted by Crippen LogP contribution is -2.33.